The molecule has 0 bridgehead atoms. The minimum Gasteiger partial charge on any atom is -0.481 e. The summed E-state index contributed by atoms with van der Waals surface area (Å²) in [5, 5.41) is 12.1. The first-order valence-electron chi connectivity index (χ1n) is 14.8. The van der Waals surface area contributed by atoms with E-state index in [1.54, 1.807) is 31.3 Å². The number of nitrogens with two attached hydrogens (primary N) is 2. The fourth-order valence-corrected chi connectivity index (χ4v) is 7.45. The number of aliphatic carboxylic acids is 1. The number of hydrogen-bond acceptors (Lipinski definition) is 8. The predicted octanol–water partition coefficient (Wildman–Crippen LogP) is 4.52. The van der Waals surface area contributed by atoms with Crippen LogP contribution in [0.3, 0.4) is 0 Å². The van der Waals surface area contributed by atoms with Crippen LogP contribution in [0.15, 0.2) is 41.6 Å². The van der Waals surface area contributed by atoms with Crippen LogP contribution in [0.5, 0.6) is 5.88 Å². The summed E-state index contributed by atoms with van der Waals surface area (Å²) in [6.07, 6.45) is 7.30. The molecule has 3 aliphatic rings. The van der Waals surface area contributed by atoms with Crippen LogP contribution >= 0.6 is 0 Å². The Morgan fingerprint density at radius 3 is 2.58 bits per heavy atom. The zero-order valence-corrected chi connectivity index (χ0v) is 26.2. The Morgan fingerprint density at radius 2 is 1.93 bits per heavy atom. The van der Waals surface area contributed by atoms with Gasteiger partial charge in [0, 0.05) is 36.6 Å². The molecule has 2 unspecified atom stereocenters. The second kappa shape index (κ2) is 10.6. The number of ether oxygens (including phenoxy) is 1. The highest BCUT2D eigenvalue weighted by atomic mass is 32.2. The van der Waals surface area contributed by atoms with Gasteiger partial charge < -0.3 is 20.6 Å². The number of nitrogen functional groups attached to an aromatic ring is 1. The normalized spacial score (nSPS) is 20.2. The number of carboxylic acid groups (broad SMARTS) is 1. The standard InChI is InChI=1S/C32H40N6O4S/c1-18-12-26-29(36-14-18)42-32(10-11-32)17-37(43(26)41)16-22-13-21(15-35-20(22)3)27(31(4,5)30(39)40)24-8-9-25(28(33)19(24)2)38(34)23-6-7-23/h8-9,12-15,23,27H,6-7,10-11,16-17,33-34H2,1-5H3,(H,39,40). The topological polar surface area (TPSA) is 148 Å². The molecule has 6 rings (SSSR count). The van der Waals surface area contributed by atoms with Gasteiger partial charge in [0.2, 0.25) is 5.88 Å². The highest BCUT2D eigenvalue weighted by Gasteiger charge is 2.51. The molecule has 3 aromatic rings. The third kappa shape index (κ3) is 5.38. The quantitative estimate of drug-likeness (QED) is 0.192. The van der Waals surface area contributed by atoms with Crippen LogP contribution in [0, 0.1) is 26.2 Å². The van der Waals surface area contributed by atoms with Crippen molar-refractivity contribution in [1.29, 1.82) is 0 Å². The van der Waals surface area contributed by atoms with E-state index in [-0.39, 0.29) is 6.04 Å². The number of hydrazine groups is 1. The van der Waals surface area contributed by atoms with E-state index in [1.807, 2.05) is 49.3 Å². The van der Waals surface area contributed by atoms with Crippen molar-refractivity contribution in [2.24, 2.45) is 11.3 Å². The molecule has 2 aromatic heterocycles. The summed E-state index contributed by atoms with van der Waals surface area (Å²) in [5.41, 5.74) is 11.3. The average Bonchev–Trinajstić information content (AvgIpc) is 3.89. The molecule has 43 heavy (non-hydrogen) atoms. The van der Waals surface area contributed by atoms with Crippen molar-refractivity contribution in [3.63, 3.8) is 0 Å². The van der Waals surface area contributed by atoms with Crippen LogP contribution in [0.2, 0.25) is 0 Å². The molecule has 3 heterocycles. The lowest BCUT2D eigenvalue weighted by atomic mass is 9.70. The number of aryl methyl sites for hydroxylation is 2. The maximum atomic E-state index is 13.9. The SMILES string of the molecule is Cc1cnc2c(c1)S(=O)N(Cc1cc(C(c3ccc(N(N)C4CC4)c(N)c3C)C(C)(C)C(=O)O)cnc1C)CC1(CC1)O2. The van der Waals surface area contributed by atoms with Crippen LogP contribution in [-0.2, 0) is 22.3 Å². The van der Waals surface area contributed by atoms with Crippen molar-refractivity contribution in [3.8, 4) is 5.88 Å². The van der Waals surface area contributed by atoms with Crippen molar-refractivity contribution in [2.75, 3.05) is 17.3 Å². The summed E-state index contributed by atoms with van der Waals surface area (Å²) in [7, 11) is -1.50. The molecule has 2 aliphatic carbocycles. The predicted molar refractivity (Wildman–Crippen MR) is 166 cm³/mol. The summed E-state index contributed by atoms with van der Waals surface area (Å²) in [6, 6.07) is 8.01. The van der Waals surface area contributed by atoms with Gasteiger partial charge in [0.05, 0.1) is 23.3 Å². The summed E-state index contributed by atoms with van der Waals surface area (Å²) in [5.74, 6) is 5.31. The second-order valence-electron chi connectivity index (χ2n) is 13.0. The number of carbonyl (C=O) groups is 1. The number of fused-ring (bicyclic) bond motifs is 1. The molecule has 228 valence electrons. The van der Waals surface area contributed by atoms with E-state index in [0.717, 1.165) is 64.9 Å². The zero-order chi connectivity index (χ0) is 30.8. The zero-order valence-electron chi connectivity index (χ0n) is 25.4. The van der Waals surface area contributed by atoms with E-state index in [1.165, 1.54) is 0 Å². The largest absolute Gasteiger partial charge is 0.481 e. The third-order valence-electron chi connectivity index (χ3n) is 9.19. The monoisotopic (exact) mass is 604 g/mol. The van der Waals surface area contributed by atoms with Gasteiger partial charge in [-0.25, -0.2) is 19.3 Å². The number of rotatable bonds is 8. The first kappa shape index (κ1) is 29.5. The maximum absolute atomic E-state index is 13.9. The number of aromatic nitrogens is 2. The lowest BCUT2D eigenvalue weighted by Gasteiger charge is -2.34. The summed E-state index contributed by atoms with van der Waals surface area (Å²) < 4.78 is 22.1. The smallest absolute Gasteiger partial charge is 0.310 e. The van der Waals surface area contributed by atoms with Crippen LogP contribution in [0.4, 0.5) is 11.4 Å². The summed E-state index contributed by atoms with van der Waals surface area (Å²) >= 11 is 0. The maximum Gasteiger partial charge on any atom is 0.310 e. The van der Waals surface area contributed by atoms with Crippen LogP contribution in [-0.4, -0.2) is 47.7 Å². The molecule has 10 nitrogen and oxygen atoms in total. The van der Waals surface area contributed by atoms with E-state index >= 15 is 0 Å². The fourth-order valence-electron chi connectivity index (χ4n) is 6.03. The summed E-state index contributed by atoms with van der Waals surface area (Å²) in [4.78, 5) is 22.5. The Morgan fingerprint density at radius 1 is 1.21 bits per heavy atom. The van der Waals surface area contributed by atoms with E-state index in [2.05, 4.69) is 4.98 Å². The Kier molecular flexibility index (Phi) is 7.26. The van der Waals surface area contributed by atoms with Crippen LogP contribution in [0.1, 0.15) is 79.0 Å². The molecule has 2 fully saturated rings. The lowest BCUT2D eigenvalue weighted by Crippen LogP contribution is -2.36. The van der Waals surface area contributed by atoms with Crippen LogP contribution in [0.25, 0.3) is 0 Å². The molecular weight excluding hydrogens is 564 g/mol. The minimum absolute atomic E-state index is 0.277. The Hall–Kier alpha value is -3.54. The van der Waals surface area contributed by atoms with Gasteiger partial charge in [-0.15, -0.1) is 0 Å². The number of hydrogen-bond donors (Lipinski definition) is 3. The molecule has 1 aromatic carbocycles. The highest BCUT2D eigenvalue weighted by molar-refractivity contribution is 7.82. The van der Waals surface area contributed by atoms with E-state index < -0.39 is 33.9 Å². The molecule has 0 saturated heterocycles. The van der Waals surface area contributed by atoms with Crippen molar-refractivity contribution in [1.82, 2.24) is 14.3 Å². The average molecular weight is 605 g/mol. The molecule has 2 atom stereocenters. The molecule has 2 saturated carbocycles. The highest BCUT2D eigenvalue weighted by Crippen LogP contribution is 2.47. The van der Waals surface area contributed by atoms with Gasteiger partial charge in [-0.1, -0.05) is 12.1 Å². The Bertz CT molecular complexity index is 1630. The van der Waals surface area contributed by atoms with Crippen molar-refractivity contribution >= 4 is 28.3 Å². The van der Waals surface area contributed by atoms with Gasteiger partial charge >= 0.3 is 5.97 Å². The van der Waals surface area contributed by atoms with Crippen LogP contribution < -0.4 is 21.3 Å². The Balaban J connectivity index is 1.40. The van der Waals surface area contributed by atoms with Gasteiger partial charge in [0.15, 0.2) is 0 Å². The van der Waals surface area contributed by atoms with Gasteiger partial charge in [0.25, 0.3) is 0 Å². The van der Waals surface area contributed by atoms with Gasteiger partial charge in [-0.2, -0.15) is 0 Å². The molecule has 0 radical (unpaired) electrons. The number of pyridine rings is 2. The summed E-state index contributed by atoms with van der Waals surface area (Å²) in [6.45, 7) is 10.1. The fraction of sp³-hybridized carbons (Fsp3) is 0.469. The molecule has 11 heteroatoms. The minimum atomic E-state index is -1.50. The van der Waals surface area contributed by atoms with Crippen molar-refractivity contribution in [2.45, 2.75) is 89.3 Å². The first-order valence-corrected chi connectivity index (χ1v) is 15.9. The Labute approximate surface area is 255 Å². The van der Waals surface area contributed by atoms with Crippen molar-refractivity contribution in [3.05, 3.63) is 70.2 Å². The van der Waals surface area contributed by atoms with Crippen molar-refractivity contribution < 1.29 is 18.8 Å². The van der Waals surface area contributed by atoms with E-state index in [9.17, 15) is 14.1 Å². The molecule has 5 N–H and O–H groups in total. The number of anilines is 2. The first-order chi connectivity index (χ1) is 20.3. The van der Waals surface area contributed by atoms with E-state index in [4.69, 9.17) is 21.3 Å². The second-order valence-corrected chi connectivity index (χ2v) is 14.4. The molecule has 1 spiro atoms. The molecule has 1 aliphatic heterocycles. The molecular formula is C32H40N6O4S. The van der Waals surface area contributed by atoms with Gasteiger partial charge in [-0.3, -0.25) is 9.78 Å². The number of carboxylic acids is 1. The van der Waals surface area contributed by atoms with Gasteiger partial charge in [0.1, 0.15) is 21.5 Å². The lowest BCUT2D eigenvalue weighted by molar-refractivity contribution is -0.147. The van der Waals surface area contributed by atoms with E-state index in [0.29, 0.717) is 29.6 Å². The third-order valence-corrected chi connectivity index (χ3v) is 10.6. The van der Waals surface area contributed by atoms with Gasteiger partial charge in [-0.05, 0) is 100 Å². The number of nitrogens with zero attached hydrogens (tertiary/aromatic N) is 4. The molecule has 0 amide bonds. The number of benzene rings is 1.